The van der Waals surface area contributed by atoms with Crippen LogP contribution in [0.5, 0.6) is 5.75 Å². The normalized spacial score (nSPS) is 16.7. The van der Waals surface area contributed by atoms with Crippen LogP contribution >= 0.6 is 0 Å². The van der Waals surface area contributed by atoms with Crippen molar-refractivity contribution >= 4 is 5.95 Å². The van der Waals surface area contributed by atoms with Crippen molar-refractivity contribution in [2.75, 3.05) is 26.1 Å². The van der Waals surface area contributed by atoms with Gasteiger partial charge in [-0.3, -0.25) is 0 Å². The Morgan fingerprint density at radius 1 is 1.30 bits per heavy atom. The molecule has 1 N–H and O–H groups in total. The summed E-state index contributed by atoms with van der Waals surface area (Å²) in [5, 5.41) is 3.63. The summed E-state index contributed by atoms with van der Waals surface area (Å²) < 4.78 is 5.47. The maximum absolute atomic E-state index is 5.47. The second kappa shape index (κ2) is 6.96. The fourth-order valence-electron chi connectivity index (χ4n) is 3.09. The number of fused-ring (bicyclic) bond motifs is 1. The fourth-order valence-corrected chi connectivity index (χ4v) is 3.09. The Hall–Kier alpha value is -2.14. The Morgan fingerprint density at radius 3 is 2.96 bits per heavy atom. The SMILES string of the molecule is COc1cccc2c1CC[C@@H](NCc1ccnc(N(C)C)n1)C2. The molecule has 0 radical (unpaired) electrons. The maximum atomic E-state index is 5.47. The molecular weight excluding hydrogens is 288 g/mol. The fraction of sp³-hybridized carbons (Fsp3) is 0.444. The van der Waals surface area contributed by atoms with E-state index in [2.05, 4.69) is 33.5 Å². The van der Waals surface area contributed by atoms with E-state index in [0.717, 1.165) is 43.2 Å². The Morgan fingerprint density at radius 2 is 2.17 bits per heavy atom. The van der Waals surface area contributed by atoms with Gasteiger partial charge in [-0.25, -0.2) is 9.97 Å². The molecule has 1 aromatic heterocycles. The highest BCUT2D eigenvalue weighted by Gasteiger charge is 2.20. The van der Waals surface area contributed by atoms with Crippen molar-refractivity contribution in [2.24, 2.45) is 0 Å². The lowest BCUT2D eigenvalue weighted by atomic mass is 9.87. The van der Waals surface area contributed by atoms with Gasteiger partial charge >= 0.3 is 0 Å². The van der Waals surface area contributed by atoms with Gasteiger partial charge in [0, 0.05) is 32.9 Å². The zero-order valence-corrected chi connectivity index (χ0v) is 14.0. The van der Waals surface area contributed by atoms with Crippen LogP contribution in [0, 0.1) is 0 Å². The maximum Gasteiger partial charge on any atom is 0.225 e. The zero-order chi connectivity index (χ0) is 16.2. The third-order valence-corrected chi connectivity index (χ3v) is 4.33. The zero-order valence-electron chi connectivity index (χ0n) is 14.0. The van der Waals surface area contributed by atoms with Crippen LogP contribution in [0.15, 0.2) is 30.5 Å². The molecule has 23 heavy (non-hydrogen) atoms. The number of rotatable bonds is 5. The van der Waals surface area contributed by atoms with E-state index in [1.807, 2.05) is 31.3 Å². The van der Waals surface area contributed by atoms with E-state index in [0.29, 0.717) is 6.04 Å². The molecule has 1 aromatic carbocycles. The standard InChI is InChI=1S/C18H24N4O/c1-22(2)18-19-10-9-15(21-18)12-20-14-7-8-16-13(11-14)5-4-6-17(16)23-3/h4-6,9-10,14,20H,7-8,11-12H2,1-3H3/t14-/m1/s1. The quantitative estimate of drug-likeness (QED) is 0.917. The van der Waals surface area contributed by atoms with Crippen molar-refractivity contribution in [3.63, 3.8) is 0 Å². The third kappa shape index (κ3) is 3.62. The predicted octanol–water partition coefficient (Wildman–Crippen LogP) is 2.20. The van der Waals surface area contributed by atoms with Crippen LogP contribution in [0.1, 0.15) is 23.2 Å². The van der Waals surface area contributed by atoms with Gasteiger partial charge < -0.3 is 15.0 Å². The summed E-state index contributed by atoms with van der Waals surface area (Å²) in [5.41, 5.74) is 3.79. The Labute approximate surface area is 137 Å². The van der Waals surface area contributed by atoms with Crippen molar-refractivity contribution in [3.05, 3.63) is 47.3 Å². The third-order valence-electron chi connectivity index (χ3n) is 4.33. The summed E-state index contributed by atoms with van der Waals surface area (Å²) in [6, 6.07) is 8.79. The number of anilines is 1. The van der Waals surface area contributed by atoms with Crippen LogP contribution in [0.2, 0.25) is 0 Å². The molecule has 0 saturated heterocycles. The number of nitrogens with zero attached hydrogens (tertiary/aromatic N) is 3. The van der Waals surface area contributed by atoms with Gasteiger partial charge in [-0.2, -0.15) is 0 Å². The Kier molecular flexibility index (Phi) is 4.76. The molecule has 1 aliphatic carbocycles. The van der Waals surface area contributed by atoms with Crippen molar-refractivity contribution in [2.45, 2.75) is 31.8 Å². The highest BCUT2D eigenvalue weighted by Crippen LogP contribution is 2.29. The van der Waals surface area contributed by atoms with Crippen LogP contribution < -0.4 is 15.0 Å². The van der Waals surface area contributed by atoms with Gasteiger partial charge in [-0.15, -0.1) is 0 Å². The molecular formula is C18H24N4O. The van der Waals surface area contributed by atoms with Crippen molar-refractivity contribution in [1.82, 2.24) is 15.3 Å². The molecule has 0 aliphatic heterocycles. The number of methoxy groups -OCH3 is 1. The van der Waals surface area contributed by atoms with Gasteiger partial charge in [0.15, 0.2) is 0 Å². The summed E-state index contributed by atoms with van der Waals surface area (Å²) in [7, 11) is 5.66. The van der Waals surface area contributed by atoms with Crippen LogP contribution in [0.25, 0.3) is 0 Å². The molecule has 0 spiro atoms. The minimum atomic E-state index is 0.479. The molecule has 0 bridgehead atoms. The number of benzene rings is 1. The number of nitrogens with one attached hydrogen (secondary N) is 1. The monoisotopic (exact) mass is 312 g/mol. The summed E-state index contributed by atoms with van der Waals surface area (Å²) in [4.78, 5) is 10.7. The van der Waals surface area contributed by atoms with Gasteiger partial charge in [-0.05, 0) is 42.5 Å². The minimum Gasteiger partial charge on any atom is -0.496 e. The first-order valence-electron chi connectivity index (χ1n) is 8.04. The molecule has 1 aliphatic rings. The van der Waals surface area contributed by atoms with Crippen LogP contribution in [-0.2, 0) is 19.4 Å². The molecule has 0 fully saturated rings. The van der Waals surface area contributed by atoms with Gasteiger partial charge in [-0.1, -0.05) is 12.1 Å². The van der Waals surface area contributed by atoms with E-state index in [9.17, 15) is 0 Å². The van der Waals surface area contributed by atoms with E-state index in [4.69, 9.17) is 4.74 Å². The first-order chi connectivity index (χ1) is 11.2. The molecule has 5 nitrogen and oxygen atoms in total. The average molecular weight is 312 g/mol. The molecule has 1 atom stereocenters. The van der Waals surface area contributed by atoms with E-state index in [1.165, 1.54) is 11.1 Å². The van der Waals surface area contributed by atoms with Gasteiger partial charge in [0.1, 0.15) is 5.75 Å². The molecule has 122 valence electrons. The first kappa shape index (κ1) is 15.7. The van der Waals surface area contributed by atoms with E-state index < -0.39 is 0 Å². The molecule has 2 aromatic rings. The Balaban J connectivity index is 1.63. The van der Waals surface area contributed by atoms with Crippen molar-refractivity contribution in [3.8, 4) is 5.75 Å². The highest BCUT2D eigenvalue weighted by molar-refractivity contribution is 5.42. The lowest BCUT2D eigenvalue weighted by Gasteiger charge is -2.26. The van der Waals surface area contributed by atoms with E-state index in [-0.39, 0.29) is 0 Å². The predicted molar refractivity (Wildman–Crippen MR) is 92.0 cm³/mol. The average Bonchev–Trinajstić information content (AvgIpc) is 2.59. The summed E-state index contributed by atoms with van der Waals surface area (Å²) in [5.74, 6) is 1.77. The summed E-state index contributed by atoms with van der Waals surface area (Å²) in [6.07, 6.45) is 5.04. The van der Waals surface area contributed by atoms with Gasteiger partial charge in [0.2, 0.25) is 5.95 Å². The number of ether oxygens (including phenoxy) is 1. The number of hydrogen-bond donors (Lipinski definition) is 1. The molecule has 1 heterocycles. The lowest BCUT2D eigenvalue weighted by molar-refractivity contribution is 0.396. The molecule has 0 unspecified atom stereocenters. The number of hydrogen-bond acceptors (Lipinski definition) is 5. The van der Waals surface area contributed by atoms with Crippen molar-refractivity contribution in [1.29, 1.82) is 0 Å². The van der Waals surface area contributed by atoms with E-state index >= 15 is 0 Å². The minimum absolute atomic E-state index is 0.479. The Bertz CT molecular complexity index is 672. The molecule has 3 rings (SSSR count). The number of aromatic nitrogens is 2. The second-order valence-corrected chi connectivity index (χ2v) is 6.16. The lowest BCUT2D eigenvalue weighted by Crippen LogP contribution is -2.34. The van der Waals surface area contributed by atoms with Gasteiger partial charge in [0.25, 0.3) is 0 Å². The van der Waals surface area contributed by atoms with Crippen LogP contribution in [-0.4, -0.2) is 37.2 Å². The van der Waals surface area contributed by atoms with E-state index in [1.54, 1.807) is 7.11 Å². The van der Waals surface area contributed by atoms with Gasteiger partial charge in [0.05, 0.1) is 12.8 Å². The molecule has 5 heteroatoms. The summed E-state index contributed by atoms with van der Waals surface area (Å²) >= 11 is 0. The topological polar surface area (TPSA) is 50.3 Å². The highest BCUT2D eigenvalue weighted by atomic mass is 16.5. The first-order valence-corrected chi connectivity index (χ1v) is 8.04. The summed E-state index contributed by atoms with van der Waals surface area (Å²) in [6.45, 7) is 0.771. The molecule has 0 amide bonds. The van der Waals surface area contributed by atoms with Crippen LogP contribution in [0.4, 0.5) is 5.95 Å². The molecule has 0 saturated carbocycles. The van der Waals surface area contributed by atoms with Crippen molar-refractivity contribution < 1.29 is 4.74 Å². The largest absolute Gasteiger partial charge is 0.496 e. The van der Waals surface area contributed by atoms with Crippen LogP contribution in [0.3, 0.4) is 0 Å². The smallest absolute Gasteiger partial charge is 0.225 e. The second-order valence-electron chi connectivity index (χ2n) is 6.16.